The zero-order chi connectivity index (χ0) is 12.0. The van der Waals surface area contributed by atoms with Gasteiger partial charge in [-0.05, 0) is 30.9 Å². The van der Waals surface area contributed by atoms with E-state index in [0.29, 0.717) is 4.34 Å². The first-order valence-electron chi connectivity index (χ1n) is 5.46. The Hall–Kier alpha value is -0.0200. The van der Waals surface area contributed by atoms with Crippen molar-refractivity contribution < 1.29 is 0 Å². The molecular weight excluding hydrogens is 261 g/mol. The fraction of sp³-hybridized carbons (Fsp3) is 0.500. The van der Waals surface area contributed by atoms with Gasteiger partial charge in [-0.25, -0.2) is 0 Å². The van der Waals surface area contributed by atoms with E-state index in [1.807, 2.05) is 12.1 Å². The van der Waals surface area contributed by atoms with Crippen LogP contribution in [-0.4, -0.2) is 0 Å². The molecule has 4 heteroatoms. The Balaban J connectivity index is 2.32. The van der Waals surface area contributed by atoms with Crippen LogP contribution in [0, 0.1) is 0 Å². The van der Waals surface area contributed by atoms with E-state index in [1.165, 1.54) is 24.2 Å². The van der Waals surface area contributed by atoms with Gasteiger partial charge in [0.05, 0.1) is 8.67 Å². The average molecular weight is 278 g/mol. The van der Waals surface area contributed by atoms with Crippen LogP contribution in [0.5, 0.6) is 0 Å². The number of allylic oxidation sites excluding steroid dienone is 1. The number of halogens is 2. The molecule has 1 unspecified atom stereocenters. The van der Waals surface area contributed by atoms with E-state index >= 15 is 0 Å². The van der Waals surface area contributed by atoms with Crippen molar-refractivity contribution in [3.8, 4) is 0 Å². The molecule has 1 aromatic heterocycles. The molecule has 0 aliphatic rings. The van der Waals surface area contributed by atoms with Gasteiger partial charge in [-0.3, -0.25) is 0 Å². The molecule has 0 fully saturated rings. The quantitative estimate of drug-likeness (QED) is 0.539. The SMILES string of the molecule is C=CCCCCCC(N)c1cc(Cl)sc1Cl. The van der Waals surface area contributed by atoms with E-state index in [4.69, 9.17) is 28.9 Å². The molecule has 1 aromatic rings. The number of unbranched alkanes of at least 4 members (excludes halogenated alkanes) is 3. The monoisotopic (exact) mass is 277 g/mol. The Labute approximate surface area is 111 Å². The smallest absolute Gasteiger partial charge is 0.0991 e. The Morgan fingerprint density at radius 3 is 2.69 bits per heavy atom. The average Bonchev–Trinajstić information content (AvgIpc) is 2.57. The Morgan fingerprint density at radius 2 is 2.12 bits per heavy atom. The predicted octanol–water partition coefficient (Wildman–Crippen LogP) is 5.19. The van der Waals surface area contributed by atoms with E-state index in [1.54, 1.807) is 0 Å². The van der Waals surface area contributed by atoms with Crippen molar-refractivity contribution in [3.05, 3.63) is 33.0 Å². The molecule has 0 aromatic carbocycles. The molecule has 1 rings (SSSR count). The molecule has 16 heavy (non-hydrogen) atoms. The summed E-state index contributed by atoms with van der Waals surface area (Å²) < 4.78 is 1.44. The van der Waals surface area contributed by atoms with Crippen molar-refractivity contribution in [1.82, 2.24) is 0 Å². The maximum Gasteiger partial charge on any atom is 0.0991 e. The van der Waals surface area contributed by atoms with Crippen LogP contribution in [0.1, 0.15) is 43.7 Å². The molecule has 0 bridgehead atoms. The summed E-state index contributed by atoms with van der Waals surface area (Å²) in [5, 5.41) is 0. The fourth-order valence-electron chi connectivity index (χ4n) is 1.59. The Morgan fingerprint density at radius 1 is 1.38 bits per heavy atom. The van der Waals surface area contributed by atoms with Crippen LogP contribution in [0.2, 0.25) is 8.67 Å². The van der Waals surface area contributed by atoms with Crippen molar-refractivity contribution in [2.75, 3.05) is 0 Å². The van der Waals surface area contributed by atoms with Crippen molar-refractivity contribution in [2.45, 2.75) is 38.1 Å². The first kappa shape index (κ1) is 14.0. The zero-order valence-corrected chi connectivity index (χ0v) is 11.5. The number of hydrogen-bond donors (Lipinski definition) is 1. The zero-order valence-electron chi connectivity index (χ0n) is 9.22. The number of thiophene rings is 1. The molecule has 0 saturated heterocycles. The van der Waals surface area contributed by atoms with Gasteiger partial charge in [-0.15, -0.1) is 17.9 Å². The first-order valence-corrected chi connectivity index (χ1v) is 7.03. The Bertz CT molecular complexity index is 336. The molecule has 1 heterocycles. The number of nitrogens with two attached hydrogens (primary N) is 1. The summed E-state index contributed by atoms with van der Waals surface area (Å²) in [5.74, 6) is 0. The molecule has 0 aliphatic heterocycles. The fourth-order valence-corrected chi connectivity index (χ4v) is 3.19. The molecular formula is C12H17Cl2NS. The lowest BCUT2D eigenvalue weighted by Gasteiger charge is -2.10. The van der Waals surface area contributed by atoms with Gasteiger partial charge in [-0.1, -0.05) is 42.1 Å². The van der Waals surface area contributed by atoms with Crippen LogP contribution in [-0.2, 0) is 0 Å². The van der Waals surface area contributed by atoms with Gasteiger partial charge in [0.2, 0.25) is 0 Å². The molecule has 0 spiro atoms. The third-order valence-electron chi connectivity index (χ3n) is 2.51. The van der Waals surface area contributed by atoms with Crippen molar-refractivity contribution in [3.63, 3.8) is 0 Å². The van der Waals surface area contributed by atoms with Gasteiger partial charge in [-0.2, -0.15) is 0 Å². The minimum Gasteiger partial charge on any atom is -0.324 e. The van der Waals surface area contributed by atoms with E-state index in [9.17, 15) is 0 Å². The molecule has 1 nitrogen and oxygen atoms in total. The number of rotatable bonds is 7. The predicted molar refractivity (Wildman–Crippen MR) is 74.5 cm³/mol. The van der Waals surface area contributed by atoms with Crippen LogP contribution in [0.4, 0.5) is 0 Å². The van der Waals surface area contributed by atoms with Crippen LogP contribution in [0.3, 0.4) is 0 Å². The molecule has 0 radical (unpaired) electrons. The molecule has 0 saturated carbocycles. The molecule has 1 atom stereocenters. The third-order valence-corrected chi connectivity index (χ3v) is 4.02. The third kappa shape index (κ3) is 4.46. The largest absolute Gasteiger partial charge is 0.324 e. The van der Waals surface area contributed by atoms with Gasteiger partial charge >= 0.3 is 0 Å². The Kier molecular flexibility index (Phi) is 6.44. The first-order chi connectivity index (χ1) is 7.65. The highest BCUT2D eigenvalue weighted by Crippen LogP contribution is 2.35. The van der Waals surface area contributed by atoms with E-state index in [2.05, 4.69) is 6.58 Å². The minimum atomic E-state index is 0.0139. The minimum absolute atomic E-state index is 0.0139. The second kappa shape index (κ2) is 7.33. The lowest BCUT2D eigenvalue weighted by molar-refractivity contribution is 0.573. The lowest BCUT2D eigenvalue weighted by atomic mass is 10.0. The summed E-state index contributed by atoms with van der Waals surface area (Å²) in [7, 11) is 0. The van der Waals surface area contributed by atoms with Crippen LogP contribution in [0.25, 0.3) is 0 Å². The standard InChI is InChI=1S/C12H17Cl2NS/c1-2-3-4-5-6-7-10(15)9-8-11(13)16-12(9)14/h2,8,10H,1,3-7,15H2. The highest BCUT2D eigenvalue weighted by atomic mass is 35.5. The van der Waals surface area contributed by atoms with Gasteiger partial charge in [0.1, 0.15) is 0 Å². The van der Waals surface area contributed by atoms with Crippen LogP contribution in [0.15, 0.2) is 18.7 Å². The van der Waals surface area contributed by atoms with Crippen LogP contribution < -0.4 is 5.73 Å². The van der Waals surface area contributed by atoms with E-state index < -0.39 is 0 Å². The lowest BCUT2D eigenvalue weighted by Crippen LogP contribution is -2.09. The number of hydrogen-bond acceptors (Lipinski definition) is 2. The van der Waals surface area contributed by atoms with E-state index in [-0.39, 0.29) is 6.04 Å². The second-order valence-corrected chi connectivity index (χ2v) is 6.10. The highest BCUT2D eigenvalue weighted by molar-refractivity contribution is 7.20. The summed E-state index contributed by atoms with van der Waals surface area (Å²) >= 11 is 13.3. The molecule has 0 aliphatic carbocycles. The van der Waals surface area contributed by atoms with Gasteiger partial charge in [0, 0.05) is 6.04 Å². The summed E-state index contributed by atoms with van der Waals surface area (Å²) in [6.07, 6.45) is 7.50. The highest BCUT2D eigenvalue weighted by Gasteiger charge is 2.13. The second-order valence-electron chi connectivity index (χ2n) is 3.81. The maximum atomic E-state index is 6.07. The summed E-state index contributed by atoms with van der Waals surface area (Å²) in [6.45, 7) is 3.70. The topological polar surface area (TPSA) is 26.0 Å². The van der Waals surface area contributed by atoms with Gasteiger partial charge in [0.15, 0.2) is 0 Å². The van der Waals surface area contributed by atoms with Gasteiger partial charge in [0.25, 0.3) is 0 Å². The molecule has 2 N–H and O–H groups in total. The molecule has 0 amide bonds. The summed E-state index contributed by atoms with van der Waals surface area (Å²) in [4.78, 5) is 0. The van der Waals surface area contributed by atoms with Crippen molar-refractivity contribution in [1.29, 1.82) is 0 Å². The van der Waals surface area contributed by atoms with Crippen molar-refractivity contribution in [2.24, 2.45) is 5.73 Å². The summed E-state index contributed by atoms with van der Waals surface area (Å²) in [6, 6.07) is 1.89. The normalized spacial score (nSPS) is 12.7. The molecule has 90 valence electrons. The van der Waals surface area contributed by atoms with Crippen LogP contribution >= 0.6 is 34.5 Å². The summed E-state index contributed by atoms with van der Waals surface area (Å²) in [5.41, 5.74) is 7.05. The maximum absolute atomic E-state index is 6.07. The van der Waals surface area contributed by atoms with Crippen molar-refractivity contribution >= 4 is 34.5 Å². The van der Waals surface area contributed by atoms with Gasteiger partial charge < -0.3 is 5.73 Å². The van der Waals surface area contributed by atoms with E-state index in [0.717, 1.165) is 29.2 Å².